The lowest BCUT2D eigenvalue weighted by Crippen LogP contribution is -2.11. The van der Waals surface area contributed by atoms with Crippen LogP contribution in [0.4, 0.5) is 0 Å². The molecule has 298 valence electrons. The van der Waals surface area contributed by atoms with E-state index in [4.69, 9.17) is 22.1 Å². The molecular formula is C57H34N6O. The molecule has 0 amide bonds. The van der Waals surface area contributed by atoms with Crippen molar-refractivity contribution in [3.05, 3.63) is 206 Å². The largest absolute Gasteiger partial charge is 0.455 e. The molecule has 9 aromatic carbocycles. The van der Waals surface area contributed by atoms with Crippen LogP contribution in [0.5, 0.6) is 0 Å². The van der Waals surface area contributed by atoms with Gasteiger partial charge in [-0.2, -0.15) is 15.0 Å². The van der Waals surface area contributed by atoms with E-state index in [9.17, 15) is 2.74 Å². The average Bonchev–Trinajstić information content (AvgIpc) is 4.14. The van der Waals surface area contributed by atoms with E-state index in [0.717, 1.165) is 82.4 Å². The smallest absolute Gasteiger partial charge is 0.240 e. The zero-order valence-electron chi connectivity index (χ0n) is 37.9. The summed E-state index contributed by atoms with van der Waals surface area (Å²) in [5.41, 5.74) is 9.40. The van der Waals surface area contributed by atoms with Crippen LogP contribution in [0, 0.1) is 0 Å². The SMILES string of the molecule is [2H]c1c([2H])c([2H])c2c(c1[2H])c1ccccc1n2-c1nc(-c2c(-c3cccc4c3oc3ccccc34)cccc2-n2c3ccccc3c3ccccc32)nc(-n2c3ccccc3c3ccccc32)n1. The Morgan fingerprint density at radius 3 is 1.42 bits per heavy atom. The summed E-state index contributed by atoms with van der Waals surface area (Å²) < 4.78 is 49.1. The highest BCUT2D eigenvalue weighted by atomic mass is 16.3. The van der Waals surface area contributed by atoms with Gasteiger partial charge in [-0.15, -0.1) is 0 Å². The van der Waals surface area contributed by atoms with Crippen LogP contribution in [0.25, 0.3) is 127 Å². The van der Waals surface area contributed by atoms with E-state index in [-0.39, 0.29) is 35.6 Å². The van der Waals surface area contributed by atoms with Crippen molar-refractivity contribution in [2.24, 2.45) is 0 Å². The fraction of sp³-hybridized carbons (Fsp3) is 0. The first-order valence-electron chi connectivity index (χ1n) is 23.2. The Bertz CT molecular complexity index is 4360. The molecule has 5 heterocycles. The molecule has 0 bridgehead atoms. The van der Waals surface area contributed by atoms with Crippen LogP contribution in [0.2, 0.25) is 0 Å². The van der Waals surface area contributed by atoms with E-state index in [2.05, 4.69) is 124 Å². The predicted octanol–water partition coefficient (Wildman–Crippen LogP) is 14.4. The van der Waals surface area contributed by atoms with E-state index in [1.807, 2.05) is 66.7 Å². The quantitative estimate of drug-likeness (QED) is 0.173. The molecule has 14 aromatic rings. The summed E-state index contributed by atoms with van der Waals surface area (Å²) in [6, 6.07) is 60.4. The Balaban J connectivity index is 1.19. The topological polar surface area (TPSA) is 66.6 Å². The lowest BCUT2D eigenvalue weighted by atomic mass is 9.95. The molecule has 0 aliphatic rings. The maximum Gasteiger partial charge on any atom is 0.240 e. The zero-order chi connectivity index (χ0) is 45.4. The second-order valence-corrected chi connectivity index (χ2v) is 16.1. The molecule has 0 spiro atoms. The minimum absolute atomic E-state index is 0.134. The first-order chi connectivity index (χ1) is 33.4. The van der Waals surface area contributed by atoms with Crippen molar-refractivity contribution in [3.63, 3.8) is 0 Å². The number of hydrogen-bond donors (Lipinski definition) is 0. The van der Waals surface area contributed by atoms with Crippen molar-refractivity contribution in [2.45, 2.75) is 0 Å². The van der Waals surface area contributed by atoms with Gasteiger partial charge >= 0.3 is 0 Å². The number of para-hydroxylation sites is 8. The van der Waals surface area contributed by atoms with Crippen LogP contribution < -0.4 is 0 Å². The number of rotatable bonds is 5. The molecule has 0 fully saturated rings. The highest BCUT2D eigenvalue weighted by molar-refractivity contribution is 6.14. The molecule has 0 N–H and O–H groups in total. The Labute approximate surface area is 371 Å². The van der Waals surface area contributed by atoms with Gasteiger partial charge in [0.1, 0.15) is 11.2 Å². The average molecular weight is 823 g/mol. The molecule has 14 rings (SSSR count). The number of hydrogen-bond acceptors (Lipinski definition) is 4. The number of furan rings is 1. The van der Waals surface area contributed by atoms with Gasteiger partial charge in [0.25, 0.3) is 0 Å². The predicted molar refractivity (Wildman–Crippen MR) is 261 cm³/mol. The molecule has 0 saturated heterocycles. The van der Waals surface area contributed by atoms with E-state index in [0.29, 0.717) is 33.6 Å². The molecule has 0 saturated carbocycles. The van der Waals surface area contributed by atoms with Crippen molar-refractivity contribution in [1.82, 2.24) is 28.7 Å². The molecular weight excluding hydrogens is 785 g/mol. The number of fused-ring (bicyclic) bond motifs is 12. The van der Waals surface area contributed by atoms with Gasteiger partial charge < -0.3 is 8.98 Å². The minimum atomic E-state index is -0.346. The molecule has 0 aliphatic carbocycles. The summed E-state index contributed by atoms with van der Waals surface area (Å²) in [4.78, 5) is 16.4. The Hall–Kier alpha value is -8.81. The van der Waals surface area contributed by atoms with Gasteiger partial charge in [0.05, 0.1) is 49.8 Å². The summed E-state index contributed by atoms with van der Waals surface area (Å²) in [6.45, 7) is 0. The summed E-state index contributed by atoms with van der Waals surface area (Å²) in [5.74, 6) is 0.867. The monoisotopic (exact) mass is 822 g/mol. The Morgan fingerprint density at radius 2 is 0.812 bits per heavy atom. The van der Waals surface area contributed by atoms with Crippen LogP contribution in [0.3, 0.4) is 0 Å². The third-order valence-corrected chi connectivity index (χ3v) is 12.7. The first kappa shape index (κ1) is 31.1. The fourth-order valence-corrected chi connectivity index (χ4v) is 10.0. The van der Waals surface area contributed by atoms with Crippen molar-refractivity contribution < 1.29 is 9.90 Å². The second-order valence-electron chi connectivity index (χ2n) is 16.1. The van der Waals surface area contributed by atoms with Crippen LogP contribution >= 0.6 is 0 Å². The van der Waals surface area contributed by atoms with Crippen molar-refractivity contribution >= 4 is 87.4 Å². The molecule has 0 atom stereocenters. The van der Waals surface area contributed by atoms with Crippen LogP contribution in [0.15, 0.2) is 211 Å². The van der Waals surface area contributed by atoms with Gasteiger partial charge in [0.15, 0.2) is 5.82 Å². The molecule has 0 unspecified atom stereocenters. The normalized spacial score (nSPS) is 12.9. The van der Waals surface area contributed by atoms with E-state index in [1.54, 1.807) is 4.57 Å². The number of benzene rings is 9. The van der Waals surface area contributed by atoms with Gasteiger partial charge in [-0.1, -0.05) is 158 Å². The van der Waals surface area contributed by atoms with E-state index < -0.39 is 0 Å². The summed E-state index contributed by atoms with van der Waals surface area (Å²) in [6.07, 6.45) is 0. The molecule has 0 aliphatic heterocycles. The third kappa shape index (κ3) is 4.89. The summed E-state index contributed by atoms with van der Waals surface area (Å²) >= 11 is 0. The number of nitrogens with zero attached hydrogens (tertiary/aromatic N) is 6. The zero-order valence-corrected chi connectivity index (χ0v) is 33.9. The molecule has 5 aromatic heterocycles. The third-order valence-electron chi connectivity index (χ3n) is 12.7. The second kappa shape index (κ2) is 13.3. The first-order valence-corrected chi connectivity index (χ1v) is 21.2. The highest BCUT2D eigenvalue weighted by Crippen LogP contribution is 2.44. The van der Waals surface area contributed by atoms with Gasteiger partial charge in [-0.3, -0.25) is 9.13 Å². The fourth-order valence-electron chi connectivity index (χ4n) is 10.0. The molecule has 0 radical (unpaired) electrons. The maximum absolute atomic E-state index is 9.42. The minimum Gasteiger partial charge on any atom is -0.455 e. The van der Waals surface area contributed by atoms with Crippen LogP contribution in [0.1, 0.15) is 5.48 Å². The molecule has 7 nitrogen and oxygen atoms in total. The van der Waals surface area contributed by atoms with Crippen LogP contribution in [-0.2, 0) is 0 Å². The molecule has 64 heavy (non-hydrogen) atoms. The van der Waals surface area contributed by atoms with Crippen LogP contribution in [-0.4, -0.2) is 28.7 Å². The summed E-state index contributed by atoms with van der Waals surface area (Å²) in [5, 5.41) is 7.28. The maximum atomic E-state index is 9.42. The van der Waals surface area contributed by atoms with Gasteiger partial charge in [-0.05, 0) is 54.1 Å². The van der Waals surface area contributed by atoms with E-state index in [1.165, 1.54) is 0 Å². The van der Waals surface area contributed by atoms with Crippen molar-refractivity contribution in [3.8, 4) is 40.1 Å². The van der Waals surface area contributed by atoms with Gasteiger partial charge in [0.2, 0.25) is 11.9 Å². The Morgan fingerprint density at radius 1 is 0.359 bits per heavy atom. The molecule has 7 heteroatoms. The lowest BCUT2D eigenvalue weighted by molar-refractivity contribution is 0.670. The lowest BCUT2D eigenvalue weighted by Gasteiger charge is -2.19. The number of aromatic nitrogens is 6. The van der Waals surface area contributed by atoms with Crippen molar-refractivity contribution in [1.29, 1.82) is 0 Å². The standard InChI is InChI=1S/C57H34N6O/c1-8-27-45-35(17-1)36-18-2-9-28-46(36)61(45)51-33-16-24-42(44-26-15-25-43-41-23-7-14-34-52(41)64-54(43)44)53(51)55-58-56(62-47-29-10-3-19-37(47)38-20-4-11-30-48(38)62)60-57(59-55)63-49-31-12-5-21-39(49)40-22-6-13-32-50(40)63/h1-34H/i3D,10D,19D,29D. The van der Waals surface area contributed by atoms with E-state index >= 15 is 0 Å². The van der Waals surface area contributed by atoms with Crippen molar-refractivity contribution in [2.75, 3.05) is 0 Å². The highest BCUT2D eigenvalue weighted by Gasteiger charge is 2.26. The van der Waals surface area contributed by atoms with Gasteiger partial charge in [0, 0.05) is 48.7 Å². The Kier molecular flexibility index (Phi) is 6.48. The summed E-state index contributed by atoms with van der Waals surface area (Å²) in [7, 11) is 0. The van der Waals surface area contributed by atoms with Gasteiger partial charge in [-0.25, -0.2) is 0 Å².